The van der Waals surface area contributed by atoms with Gasteiger partial charge in [0.1, 0.15) is 0 Å². The summed E-state index contributed by atoms with van der Waals surface area (Å²) in [6, 6.07) is 6.74. The molecule has 0 bridgehead atoms. The molecule has 0 fully saturated rings. The molecule has 2 rings (SSSR count). The van der Waals surface area contributed by atoms with Crippen molar-refractivity contribution in [3.05, 3.63) is 24.3 Å². The van der Waals surface area contributed by atoms with Gasteiger partial charge in [-0.05, 0) is 39.1 Å². The van der Waals surface area contributed by atoms with E-state index in [-0.39, 0.29) is 0 Å². The van der Waals surface area contributed by atoms with Gasteiger partial charge < -0.3 is 29.8 Å². The summed E-state index contributed by atoms with van der Waals surface area (Å²) >= 11 is 0. The van der Waals surface area contributed by atoms with Crippen LogP contribution in [0.2, 0.25) is 0 Å². The highest BCUT2D eigenvalue weighted by molar-refractivity contribution is 6.63. The van der Waals surface area contributed by atoms with Gasteiger partial charge in [0.05, 0.1) is 11.2 Å². The zero-order valence-corrected chi connectivity index (χ0v) is 13.2. The molecule has 22 heavy (non-hydrogen) atoms. The molecule has 1 aromatic carbocycles. The predicted octanol–water partition coefficient (Wildman–Crippen LogP) is -0.899. The molecule has 118 valence electrons. The van der Waals surface area contributed by atoms with Crippen molar-refractivity contribution in [1.29, 1.82) is 0 Å². The summed E-state index contributed by atoms with van der Waals surface area (Å²) in [5, 5.41) is 39.8. The number of aromatic amines is 1. The number of H-pyrrole nitrogens is 1. The Hall–Kier alpha value is -1.31. The zero-order chi connectivity index (χ0) is 16.7. The molecule has 5 N–H and O–H groups in total. The standard InChI is InChI=1S/C14H21B2NO5/c1-13(2,18)14(3,4)22-16(21)11-8-9-6-5-7-10(15(19)20)12(9)17-11/h5-8,17-21H,1-4H3. The molecule has 1 heterocycles. The molecule has 0 spiro atoms. The highest BCUT2D eigenvalue weighted by atomic mass is 16.5. The largest absolute Gasteiger partial charge is 0.508 e. The number of fused-ring (bicyclic) bond motifs is 1. The van der Waals surface area contributed by atoms with E-state index in [0.29, 0.717) is 16.6 Å². The van der Waals surface area contributed by atoms with Crippen LogP contribution < -0.4 is 11.1 Å². The third kappa shape index (κ3) is 3.21. The molecule has 6 nitrogen and oxygen atoms in total. The summed E-state index contributed by atoms with van der Waals surface area (Å²) in [5.41, 5.74) is -0.913. The summed E-state index contributed by atoms with van der Waals surface area (Å²) in [4.78, 5) is 2.94. The first-order valence-corrected chi connectivity index (χ1v) is 7.09. The van der Waals surface area contributed by atoms with Gasteiger partial charge in [0.25, 0.3) is 0 Å². The lowest BCUT2D eigenvalue weighted by Gasteiger charge is -2.38. The second kappa shape index (κ2) is 5.72. The van der Waals surface area contributed by atoms with Crippen LogP contribution in [-0.2, 0) is 4.65 Å². The van der Waals surface area contributed by atoms with Gasteiger partial charge in [0.2, 0.25) is 0 Å². The summed E-state index contributed by atoms with van der Waals surface area (Å²) in [7, 11) is -2.89. The summed E-state index contributed by atoms with van der Waals surface area (Å²) in [6.45, 7) is 6.57. The Morgan fingerprint density at radius 1 is 1.09 bits per heavy atom. The summed E-state index contributed by atoms with van der Waals surface area (Å²) < 4.78 is 5.57. The Morgan fingerprint density at radius 2 is 1.73 bits per heavy atom. The van der Waals surface area contributed by atoms with E-state index in [0.717, 1.165) is 5.39 Å². The SMILES string of the molecule is CC(C)(O)C(C)(C)OB(O)c1cc2cccc(B(O)O)c2[nH]1. The monoisotopic (exact) mass is 305 g/mol. The second-order valence-corrected chi connectivity index (χ2v) is 6.45. The van der Waals surface area contributed by atoms with Crippen molar-refractivity contribution in [2.24, 2.45) is 0 Å². The first-order valence-electron chi connectivity index (χ1n) is 7.09. The van der Waals surface area contributed by atoms with E-state index in [4.69, 9.17) is 4.65 Å². The lowest BCUT2D eigenvalue weighted by Crippen LogP contribution is -2.53. The van der Waals surface area contributed by atoms with Crippen LogP contribution in [0.3, 0.4) is 0 Å². The normalized spacial score (nSPS) is 12.7. The van der Waals surface area contributed by atoms with Crippen molar-refractivity contribution in [1.82, 2.24) is 4.98 Å². The fourth-order valence-electron chi connectivity index (χ4n) is 2.04. The maximum atomic E-state index is 10.3. The van der Waals surface area contributed by atoms with E-state index < -0.39 is 25.4 Å². The van der Waals surface area contributed by atoms with Crippen LogP contribution in [0.15, 0.2) is 24.3 Å². The minimum absolute atomic E-state index is 0.317. The molecule has 0 aliphatic carbocycles. The summed E-state index contributed by atoms with van der Waals surface area (Å²) in [5.74, 6) is 0. The average Bonchev–Trinajstić information content (AvgIpc) is 2.80. The Balaban J connectivity index is 2.34. The van der Waals surface area contributed by atoms with Crippen molar-refractivity contribution in [3.63, 3.8) is 0 Å². The average molecular weight is 305 g/mol. The van der Waals surface area contributed by atoms with Crippen LogP contribution in [0, 0.1) is 0 Å². The van der Waals surface area contributed by atoms with Gasteiger partial charge in [-0.2, -0.15) is 0 Å². The number of aliphatic hydroxyl groups is 1. The minimum atomic E-state index is -1.61. The highest BCUT2D eigenvalue weighted by Crippen LogP contribution is 2.25. The third-order valence-electron chi connectivity index (χ3n) is 4.13. The van der Waals surface area contributed by atoms with Gasteiger partial charge in [-0.1, -0.05) is 18.2 Å². The molecule has 8 heteroatoms. The molecule has 0 saturated heterocycles. The maximum Gasteiger partial charge on any atom is 0.508 e. The van der Waals surface area contributed by atoms with Crippen molar-refractivity contribution in [2.45, 2.75) is 38.9 Å². The lowest BCUT2D eigenvalue weighted by atomic mass is 9.79. The molecule has 0 amide bonds. The topological polar surface area (TPSA) is 106 Å². The van der Waals surface area contributed by atoms with E-state index >= 15 is 0 Å². The van der Waals surface area contributed by atoms with E-state index in [9.17, 15) is 20.2 Å². The van der Waals surface area contributed by atoms with E-state index in [1.807, 2.05) is 0 Å². The number of hydrogen-bond acceptors (Lipinski definition) is 5. The predicted molar refractivity (Wildman–Crippen MR) is 87.2 cm³/mol. The maximum absolute atomic E-state index is 10.3. The number of nitrogens with one attached hydrogen (secondary N) is 1. The van der Waals surface area contributed by atoms with Crippen molar-refractivity contribution < 1.29 is 24.8 Å². The van der Waals surface area contributed by atoms with Crippen LogP contribution in [-0.4, -0.2) is 50.6 Å². The quantitative estimate of drug-likeness (QED) is 0.460. The second-order valence-electron chi connectivity index (χ2n) is 6.45. The molecule has 0 unspecified atom stereocenters. The molecule has 1 aromatic heterocycles. The van der Waals surface area contributed by atoms with Crippen LogP contribution in [0.4, 0.5) is 0 Å². The Kier molecular flexibility index (Phi) is 4.43. The van der Waals surface area contributed by atoms with Crippen LogP contribution in [0.5, 0.6) is 0 Å². The van der Waals surface area contributed by atoms with E-state index in [1.165, 1.54) is 0 Å². The van der Waals surface area contributed by atoms with Crippen molar-refractivity contribution in [3.8, 4) is 0 Å². The van der Waals surface area contributed by atoms with Crippen LogP contribution in [0.25, 0.3) is 10.9 Å². The fourth-order valence-corrected chi connectivity index (χ4v) is 2.04. The molecule has 2 aromatic rings. The van der Waals surface area contributed by atoms with Crippen molar-refractivity contribution in [2.75, 3.05) is 0 Å². The van der Waals surface area contributed by atoms with Crippen LogP contribution >= 0.6 is 0 Å². The first-order chi connectivity index (χ1) is 10.0. The van der Waals surface area contributed by atoms with Gasteiger partial charge in [-0.25, -0.2) is 0 Å². The number of rotatable bonds is 5. The minimum Gasteiger partial charge on any atom is -0.423 e. The van der Waals surface area contributed by atoms with Gasteiger partial charge >= 0.3 is 14.2 Å². The van der Waals surface area contributed by atoms with E-state index in [1.54, 1.807) is 52.0 Å². The zero-order valence-electron chi connectivity index (χ0n) is 13.2. The fraction of sp³-hybridized carbons (Fsp3) is 0.429. The van der Waals surface area contributed by atoms with E-state index in [2.05, 4.69) is 4.98 Å². The number of hydrogen-bond donors (Lipinski definition) is 5. The molecular formula is C14H21B2NO5. The molecule has 0 atom stereocenters. The van der Waals surface area contributed by atoms with Crippen molar-refractivity contribution >= 4 is 36.2 Å². The van der Waals surface area contributed by atoms with Gasteiger partial charge in [0.15, 0.2) is 0 Å². The summed E-state index contributed by atoms with van der Waals surface area (Å²) in [6.07, 6.45) is 0. The molecular weight excluding hydrogens is 284 g/mol. The Morgan fingerprint density at radius 3 is 2.27 bits per heavy atom. The number of aromatic nitrogens is 1. The van der Waals surface area contributed by atoms with Gasteiger partial charge in [-0.3, -0.25) is 0 Å². The molecule has 0 saturated carbocycles. The number of benzene rings is 1. The van der Waals surface area contributed by atoms with Crippen LogP contribution in [0.1, 0.15) is 27.7 Å². The molecule has 0 radical (unpaired) electrons. The smallest absolute Gasteiger partial charge is 0.423 e. The molecule has 0 aliphatic heterocycles. The third-order valence-corrected chi connectivity index (χ3v) is 4.13. The highest BCUT2D eigenvalue weighted by Gasteiger charge is 2.40. The first kappa shape index (κ1) is 17.1. The Bertz CT molecular complexity index is 663. The lowest BCUT2D eigenvalue weighted by molar-refractivity contribution is -0.0983. The number of para-hydroxylation sites is 1. The Labute approximate surface area is 130 Å². The molecule has 0 aliphatic rings. The van der Waals surface area contributed by atoms with Gasteiger partial charge in [0, 0.05) is 16.6 Å². The van der Waals surface area contributed by atoms with Gasteiger partial charge in [-0.15, -0.1) is 0 Å².